The van der Waals surface area contributed by atoms with Gasteiger partial charge in [-0.3, -0.25) is 0 Å². The van der Waals surface area contributed by atoms with Gasteiger partial charge >= 0.3 is 0 Å². The van der Waals surface area contributed by atoms with E-state index in [4.69, 9.17) is 12.2 Å². The number of aromatic amines is 1. The first-order valence-electron chi connectivity index (χ1n) is 6.08. The Morgan fingerprint density at radius 3 is 2.68 bits per heavy atom. The van der Waals surface area contributed by atoms with Gasteiger partial charge in [-0.25, -0.2) is 4.98 Å². The van der Waals surface area contributed by atoms with Crippen LogP contribution in [0.15, 0.2) is 27.1 Å². The van der Waals surface area contributed by atoms with Crippen molar-refractivity contribution in [2.45, 2.75) is 26.7 Å². The van der Waals surface area contributed by atoms with E-state index in [1.165, 1.54) is 0 Å². The van der Waals surface area contributed by atoms with Gasteiger partial charge in [-0.05, 0) is 53.0 Å². The molecule has 0 amide bonds. The second-order valence-electron chi connectivity index (χ2n) is 4.39. The SMILES string of the molecule is CCCc1[nH]c(-c2ccc(Br)cc2C)nc(=S)c1Br. The molecule has 100 valence electrons. The average molecular weight is 402 g/mol. The van der Waals surface area contributed by atoms with Crippen LogP contribution in [0.1, 0.15) is 24.6 Å². The quantitative estimate of drug-likeness (QED) is 0.678. The molecular formula is C14H14Br2N2S. The van der Waals surface area contributed by atoms with Gasteiger partial charge in [0.15, 0.2) is 0 Å². The Morgan fingerprint density at radius 1 is 1.32 bits per heavy atom. The van der Waals surface area contributed by atoms with Gasteiger partial charge in [0.05, 0.1) is 4.47 Å². The number of aryl methyl sites for hydroxylation is 2. The van der Waals surface area contributed by atoms with Crippen LogP contribution in [0, 0.1) is 11.6 Å². The summed E-state index contributed by atoms with van der Waals surface area (Å²) in [5.41, 5.74) is 3.36. The van der Waals surface area contributed by atoms with Crippen LogP contribution in [-0.4, -0.2) is 9.97 Å². The number of hydrogen-bond acceptors (Lipinski definition) is 2. The molecule has 1 N–H and O–H groups in total. The fourth-order valence-corrected chi connectivity index (χ4v) is 3.02. The first-order chi connectivity index (χ1) is 9.02. The van der Waals surface area contributed by atoms with Crippen molar-refractivity contribution in [3.8, 4) is 11.4 Å². The van der Waals surface area contributed by atoms with Crippen LogP contribution < -0.4 is 0 Å². The van der Waals surface area contributed by atoms with E-state index in [0.717, 1.165) is 44.4 Å². The molecule has 0 fully saturated rings. The molecule has 5 heteroatoms. The lowest BCUT2D eigenvalue weighted by molar-refractivity contribution is 0.865. The molecule has 0 bridgehead atoms. The zero-order chi connectivity index (χ0) is 14.0. The van der Waals surface area contributed by atoms with Crippen LogP contribution in [0.2, 0.25) is 0 Å². The van der Waals surface area contributed by atoms with E-state index < -0.39 is 0 Å². The molecule has 0 unspecified atom stereocenters. The Morgan fingerprint density at radius 2 is 2.05 bits per heavy atom. The third kappa shape index (κ3) is 3.33. The summed E-state index contributed by atoms with van der Waals surface area (Å²) >= 11 is 12.3. The predicted molar refractivity (Wildman–Crippen MR) is 89.0 cm³/mol. The van der Waals surface area contributed by atoms with Crippen LogP contribution in [-0.2, 0) is 6.42 Å². The van der Waals surface area contributed by atoms with Crippen molar-refractivity contribution >= 4 is 44.1 Å². The fourth-order valence-electron chi connectivity index (χ4n) is 1.95. The van der Waals surface area contributed by atoms with Crippen LogP contribution in [0.3, 0.4) is 0 Å². The molecule has 0 saturated heterocycles. The molecule has 0 saturated carbocycles. The number of halogens is 2. The zero-order valence-corrected chi connectivity index (χ0v) is 14.7. The van der Waals surface area contributed by atoms with Gasteiger partial charge in [0.25, 0.3) is 0 Å². The summed E-state index contributed by atoms with van der Waals surface area (Å²) < 4.78 is 2.58. The van der Waals surface area contributed by atoms with E-state index in [2.05, 4.69) is 67.8 Å². The normalized spacial score (nSPS) is 10.7. The number of benzene rings is 1. The van der Waals surface area contributed by atoms with Gasteiger partial charge in [0.1, 0.15) is 10.5 Å². The molecule has 0 spiro atoms. The smallest absolute Gasteiger partial charge is 0.144 e. The summed E-state index contributed by atoms with van der Waals surface area (Å²) in [6.45, 7) is 4.22. The van der Waals surface area contributed by atoms with E-state index in [9.17, 15) is 0 Å². The van der Waals surface area contributed by atoms with Crippen LogP contribution in [0.5, 0.6) is 0 Å². The molecule has 0 aliphatic rings. The molecular weight excluding hydrogens is 388 g/mol. The van der Waals surface area contributed by atoms with Crippen molar-refractivity contribution in [1.82, 2.24) is 9.97 Å². The van der Waals surface area contributed by atoms with Crippen LogP contribution >= 0.6 is 44.1 Å². The lowest BCUT2D eigenvalue weighted by Gasteiger charge is -2.10. The Bertz CT molecular complexity index is 665. The third-order valence-corrected chi connectivity index (χ3v) is 4.78. The Balaban J connectivity index is 2.59. The zero-order valence-electron chi connectivity index (χ0n) is 10.8. The van der Waals surface area contributed by atoms with Gasteiger partial charge in [0, 0.05) is 15.7 Å². The second-order valence-corrected chi connectivity index (χ2v) is 6.49. The van der Waals surface area contributed by atoms with Gasteiger partial charge < -0.3 is 4.98 Å². The minimum absolute atomic E-state index is 0.611. The Hall–Kier alpha value is -0.520. The molecule has 0 aliphatic heterocycles. The standard InChI is InChI=1S/C14H14Br2N2S/c1-3-4-11-12(16)14(19)18-13(17-11)10-6-5-9(15)7-8(10)2/h5-7H,3-4H2,1-2H3,(H,17,18,19). The minimum Gasteiger partial charge on any atom is -0.342 e. The topological polar surface area (TPSA) is 28.7 Å². The third-order valence-electron chi connectivity index (χ3n) is 2.88. The highest BCUT2D eigenvalue weighted by molar-refractivity contribution is 9.10. The van der Waals surface area contributed by atoms with Crippen molar-refractivity contribution in [3.63, 3.8) is 0 Å². The number of rotatable bonds is 3. The monoisotopic (exact) mass is 400 g/mol. The Kier molecular flexibility index (Phi) is 4.92. The molecule has 0 radical (unpaired) electrons. The highest BCUT2D eigenvalue weighted by atomic mass is 79.9. The van der Waals surface area contributed by atoms with Crippen molar-refractivity contribution in [1.29, 1.82) is 0 Å². The summed E-state index contributed by atoms with van der Waals surface area (Å²) in [6, 6.07) is 6.15. The van der Waals surface area contributed by atoms with Crippen LogP contribution in [0.4, 0.5) is 0 Å². The van der Waals surface area contributed by atoms with E-state index in [1.807, 2.05) is 6.07 Å². The molecule has 0 aliphatic carbocycles. The van der Waals surface area contributed by atoms with E-state index in [1.54, 1.807) is 0 Å². The molecule has 2 aromatic rings. The van der Waals surface area contributed by atoms with E-state index in [-0.39, 0.29) is 0 Å². The maximum Gasteiger partial charge on any atom is 0.144 e. The minimum atomic E-state index is 0.611. The number of aromatic nitrogens is 2. The maximum absolute atomic E-state index is 5.32. The summed E-state index contributed by atoms with van der Waals surface area (Å²) in [7, 11) is 0. The molecule has 1 aromatic carbocycles. The fraction of sp³-hybridized carbons (Fsp3) is 0.286. The molecule has 19 heavy (non-hydrogen) atoms. The van der Waals surface area contributed by atoms with Gasteiger partial charge in [-0.2, -0.15) is 0 Å². The summed E-state index contributed by atoms with van der Waals surface area (Å²) in [6.07, 6.45) is 2.02. The molecule has 2 rings (SSSR count). The van der Waals surface area contributed by atoms with Gasteiger partial charge in [0.2, 0.25) is 0 Å². The van der Waals surface area contributed by atoms with E-state index in [0.29, 0.717) is 4.64 Å². The lowest BCUT2D eigenvalue weighted by atomic mass is 10.1. The molecule has 0 atom stereocenters. The summed E-state index contributed by atoms with van der Waals surface area (Å²) in [4.78, 5) is 7.86. The number of hydrogen-bond donors (Lipinski definition) is 1. The predicted octanol–water partition coefficient (Wildman–Crippen LogP) is 5.59. The second kappa shape index (κ2) is 6.29. The van der Waals surface area contributed by atoms with Crippen LogP contribution in [0.25, 0.3) is 11.4 Å². The lowest BCUT2D eigenvalue weighted by Crippen LogP contribution is -1.99. The first-order valence-corrected chi connectivity index (χ1v) is 8.07. The molecule has 1 aromatic heterocycles. The van der Waals surface area contributed by atoms with Crippen molar-refractivity contribution < 1.29 is 0 Å². The molecule has 2 nitrogen and oxygen atoms in total. The molecule has 1 heterocycles. The Labute approximate surface area is 134 Å². The first kappa shape index (κ1) is 14.9. The van der Waals surface area contributed by atoms with E-state index >= 15 is 0 Å². The number of nitrogens with zero attached hydrogens (tertiary/aromatic N) is 1. The maximum atomic E-state index is 5.32. The summed E-state index contributed by atoms with van der Waals surface area (Å²) in [5, 5.41) is 0. The van der Waals surface area contributed by atoms with Crippen molar-refractivity contribution in [3.05, 3.63) is 43.0 Å². The highest BCUT2D eigenvalue weighted by Crippen LogP contribution is 2.26. The van der Waals surface area contributed by atoms with Crippen molar-refractivity contribution in [2.75, 3.05) is 0 Å². The average Bonchev–Trinajstić information content (AvgIpc) is 2.35. The van der Waals surface area contributed by atoms with Gasteiger partial charge in [-0.1, -0.05) is 41.5 Å². The number of H-pyrrole nitrogens is 1. The number of nitrogens with one attached hydrogen (secondary N) is 1. The highest BCUT2D eigenvalue weighted by Gasteiger charge is 2.09. The largest absolute Gasteiger partial charge is 0.342 e. The van der Waals surface area contributed by atoms with Crippen molar-refractivity contribution in [2.24, 2.45) is 0 Å². The van der Waals surface area contributed by atoms with Gasteiger partial charge in [-0.15, -0.1) is 0 Å². The summed E-state index contributed by atoms with van der Waals surface area (Å²) in [5.74, 6) is 0.835.